The molecule has 0 amide bonds. The summed E-state index contributed by atoms with van der Waals surface area (Å²) < 4.78 is 28.2. The molecule has 0 bridgehead atoms. The van der Waals surface area contributed by atoms with Crippen molar-refractivity contribution in [3.8, 4) is 0 Å². The third kappa shape index (κ3) is 2.91. The second-order valence-electron chi connectivity index (χ2n) is 6.26. The number of hydrogen-bond acceptors (Lipinski definition) is 3. The maximum atomic E-state index is 12.7. The highest BCUT2D eigenvalue weighted by Crippen LogP contribution is 2.27. The minimum atomic E-state index is -3.57. The molecule has 116 valence electrons. The van der Waals surface area contributed by atoms with Gasteiger partial charge in [-0.2, -0.15) is 0 Å². The van der Waals surface area contributed by atoms with Gasteiger partial charge in [0, 0.05) is 12.4 Å². The van der Waals surface area contributed by atoms with Gasteiger partial charge in [0.05, 0.1) is 10.4 Å². The average Bonchev–Trinajstić information content (AvgIpc) is 2.94. The van der Waals surface area contributed by atoms with E-state index in [1.807, 2.05) is 32.0 Å². The van der Waals surface area contributed by atoms with Crippen molar-refractivity contribution in [2.75, 3.05) is 0 Å². The average molecular weight is 316 g/mol. The Morgan fingerprint density at radius 1 is 1.14 bits per heavy atom. The first-order valence-corrected chi connectivity index (χ1v) is 8.93. The van der Waals surface area contributed by atoms with Gasteiger partial charge in [-0.3, -0.25) is 4.98 Å². The number of rotatable bonds is 4. The fourth-order valence-electron chi connectivity index (χ4n) is 2.90. The van der Waals surface area contributed by atoms with E-state index < -0.39 is 15.6 Å². The van der Waals surface area contributed by atoms with Crippen molar-refractivity contribution in [3.63, 3.8) is 0 Å². The molecular weight excluding hydrogens is 296 g/mol. The molecule has 1 aliphatic carbocycles. The van der Waals surface area contributed by atoms with Crippen molar-refractivity contribution in [1.29, 1.82) is 0 Å². The Morgan fingerprint density at radius 3 is 2.64 bits per heavy atom. The topological polar surface area (TPSA) is 59.1 Å². The second-order valence-corrected chi connectivity index (χ2v) is 7.94. The summed E-state index contributed by atoms with van der Waals surface area (Å²) >= 11 is 0. The molecule has 2 aromatic rings. The molecule has 0 unspecified atom stereocenters. The molecular formula is C17H20N2O2S. The number of nitrogens with zero attached hydrogens (tertiary/aromatic N) is 1. The van der Waals surface area contributed by atoms with Crippen molar-refractivity contribution >= 4 is 10.0 Å². The predicted octanol–water partition coefficient (Wildman–Crippen LogP) is 2.78. The van der Waals surface area contributed by atoms with Crippen LogP contribution < -0.4 is 4.72 Å². The molecule has 0 fully saturated rings. The summed E-state index contributed by atoms with van der Waals surface area (Å²) in [6, 6.07) is 9.13. The van der Waals surface area contributed by atoms with Crippen LogP contribution in [0.25, 0.3) is 0 Å². The number of benzene rings is 1. The number of aryl methyl sites for hydroxylation is 2. The van der Waals surface area contributed by atoms with Crippen molar-refractivity contribution < 1.29 is 8.42 Å². The molecule has 4 nitrogen and oxygen atoms in total. The van der Waals surface area contributed by atoms with Gasteiger partial charge in [0.2, 0.25) is 10.0 Å². The quantitative estimate of drug-likeness (QED) is 0.943. The molecule has 1 heterocycles. The zero-order chi connectivity index (χ0) is 15.8. The third-order valence-corrected chi connectivity index (χ3v) is 5.81. The van der Waals surface area contributed by atoms with Gasteiger partial charge in [-0.25, -0.2) is 13.1 Å². The first-order chi connectivity index (χ1) is 10.4. The van der Waals surface area contributed by atoms with Crippen LogP contribution in [0.2, 0.25) is 0 Å². The van der Waals surface area contributed by atoms with E-state index >= 15 is 0 Å². The summed E-state index contributed by atoms with van der Waals surface area (Å²) in [6.45, 7) is 3.68. The van der Waals surface area contributed by atoms with E-state index in [9.17, 15) is 8.42 Å². The zero-order valence-corrected chi connectivity index (χ0v) is 13.7. The predicted molar refractivity (Wildman–Crippen MR) is 86.1 cm³/mol. The largest absolute Gasteiger partial charge is 0.264 e. The molecule has 1 aliphatic rings. The molecule has 0 saturated heterocycles. The minimum absolute atomic E-state index is 0.338. The normalized spacial score (nSPS) is 14.8. The number of fused-ring (bicyclic) bond motifs is 1. The summed E-state index contributed by atoms with van der Waals surface area (Å²) in [7, 11) is -3.57. The van der Waals surface area contributed by atoms with Crippen LogP contribution >= 0.6 is 0 Å². The van der Waals surface area contributed by atoms with E-state index in [1.54, 1.807) is 24.5 Å². The van der Waals surface area contributed by atoms with Crippen LogP contribution in [-0.4, -0.2) is 13.4 Å². The van der Waals surface area contributed by atoms with E-state index in [0.29, 0.717) is 4.90 Å². The maximum Gasteiger partial charge on any atom is 0.241 e. The van der Waals surface area contributed by atoms with Crippen molar-refractivity contribution in [1.82, 2.24) is 9.71 Å². The first-order valence-electron chi connectivity index (χ1n) is 7.45. The summed E-state index contributed by atoms with van der Waals surface area (Å²) in [5.74, 6) is 0. The van der Waals surface area contributed by atoms with E-state index in [2.05, 4.69) is 9.71 Å². The van der Waals surface area contributed by atoms with Crippen molar-refractivity contribution in [3.05, 3.63) is 59.4 Å². The van der Waals surface area contributed by atoms with Crippen LogP contribution in [0.3, 0.4) is 0 Å². The monoisotopic (exact) mass is 316 g/mol. The molecule has 0 spiro atoms. The Labute approximate surface area is 131 Å². The molecule has 0 aliphatic heterocycles. The summed E-state index contributed by atoms with van der Waals surface area (Å²) in [6.07, 6.45) is 6.47. The molecule has 22 heavy (non-hydrogen) atoms. The van der Waals surface area contributed by atoms with Crippen LogP contribution in [0.15, 0.2) is 47.6 Å². The Hall–Kier alpha value is -1.72. The zero-order valence-electron chi connectivity index (χ0n) is 12.8. The standard InChI is InChI=1S/C17H20N2O2S/c1-17(2,15-7-4-10-18-12-15)19-22(20,21)16-9-8-13-5-3-6-14(13)11-16/h4,7-12,19H,3,5-6H2,1-2H3. The highest BCUT2D eigenvalue weighted by atomic mass is 32.2. The molecule has 0 radical (unpaired) electrons. The smallest absolute Gasteiger partial charge is 0.241 e. The van der Waals surface area contributed by atoms with Gasteiger partial charge in [-0.15, -0.1) is 0 Å². The van der Waals surface area contributed by atoms with Crippen LogP contribution in [0.1, 0.15) is 37.0 Å². The van der Waals surface area contributed by atoms with Crippen LogP contribution in [0.5, 0.6) is 0 Å². The lowest BCUT2D eigenvalue weighted by molar-refractivity contribution is 0.470. The summed E-state index contributed by atoms with van der Waals surface area (Å²) in [5, 5.41) is 0. The van der Waals surface area contributed by atoms with Crippen molar-refractivity contribution in [2.45, 2.75) is 43.5 Å². The third-order valence-electron chi connectivity index (χ3n) is 4.15. The van der Waals surface area contributed by atoms with Gasteiger partial charge in [0.15, 0.2) is 0 Å². The maximum absolute atomic E-state index is 12.7. The molecule has 0 atom stereocenters. The van der Waals surface area contributed by atoms with Crippen LogP contribution in [0.4, 0.5) is 0 Å². The highest BCUT2D eigenvalue weighted by molar-refractivity contribution is 7.89. The lowest BCUT2D eigenvalue weighted by Crippen LogP contribution is -2.41. The van der Waals surface area contributed by atoms with E-state index in [4.69, 9.17) is 0 Å². The van der Waals surface area contributed by atoms with E-state index in [-0.39, 0.29) is 0 Å². The molecule has 3 rings (SSSR count). The number of nitrogens with one attached hydrogen (secondary N) is 1. The highest BCUT2D eigenvalue weighted by Gasteiger charge is 2.28. The Morgan fingerprint density at radius 2 is 1.91 bits per heavy atom. The molecule has 1 aromatic heterocycles. The van der Waals surface area contributed by atoms with Crippen molar-refractivity contribution in [2.24, 2.45) is 0 Å². The number of pyridine rings is 1. The van der Waals surface area contributed by atoms with E-state index in [1.165, 1.54) is 5.56 Å². The minimum Gasteiger partial charge on any atom is -0.264 e. The fraction of sp³-hybridized carbons (Fsp3) is 0.353. The Kier molecular flexibility index (Phi) is 3.78. The lowest BCUT2D eigenvalue weighted by atomic mass is 9.98. The SMILES string of the molecule is CC(C)(NS(=O)(=O)c1ccc2c(c1)CCC2)c1cccnc1. The fourth-order valence-corrected chi connectivity index (χ4v) is 4.35. The summed E-state index contributed by atoms with van der Waals surface area (Å²) in [5.41, 5.74) is 2.54. The first kappa shape index (κ1) is 15.2. The Balaban J connectivity index is 1.90. The number of hydrogen-bond donors (Lipinski definition) is 1. The van der Waals surface area contributed by atoms with Gasteiger partial charge < -0.3 is 0 Å². The number of aromatic nitrogens is 1. The van der Waals surface area contributed by atoms with Gasteiger partial charge >= 0.3 is 0 Å². The molecule has 0 saturated carbocycles. The molecule has 1 aromatic carbocycles. The number of sulfonamides is 1. The Bertz CT molecular complexity index is 784. The van der Waals surface area contributed by atoms with Gasteiger partial charge in [0.1, 0.15) is 0 Å². The lowest BCUT2D eigenvalue weighted by Gasteiger charge is -2.26. The van der Waals surface area contributed by atoms with E-state index in [0.717, 1.165) is 30.4 Å². The summed E-state index contributed by atoms with van der Waals surface area (Å²) in [4.78, 5) is 4.40. The van der Waals surface area contributed by atoms with Gasteiger partial charge in [0.25, 0.3) is 0 Å². The van der Waals surface area contributed by atoms with Crippen LogP contribution in [-0.2, 0) is 28.4 Å². The van der Waals surface area contributed by atoms with Crippen LogP contribution in [0, 0.1) is 0 Å². The second kappa shape index (κ2) is 5.48. The van der Waals surface area contributed by atoms with Gasteiger partial charge in [-0.05, 0) is 68.0 Å². The molecule has 1 N–H and O–H groups in total. The van der Waals surface area contributed by atoms with Gasteiger partial charge in [-0.1, -0.05) is 12.1 Å². The molecule has 5 heteroatoms.